The summed E-state index contributed by atoms with van der Waals surface area (Å²) in [6.07, 6.45) is 0. The van der Waals surface area contributed by atoms with Crippen LogP contribution in [0, 0.1) is 13.8 Å². The fourth-order valence-electron chi connectivity index (χ4n) is 2.66. The molecule has 1 amide bonds. The van der Waals surface area contributed by atoms with Crippen LogP contribution in [0.15, 0.2) is 52.1 Å². The molecule has 140 valence electrons. The summed E-state index contributed by atoms with van der Waals surface area (Å²) in [6, 6.07) is 13.3. The van der Waals surface area contributed by atoms with Crippen LogP contribution in [-0.2, 0) is 4.79 Å². The Labute approximate surface area is 162 Å². The van der Waals surface area contributed by atoms with Crippen LogP contribution in [0.1, 0.15) is 18.1 Å². The van der Waals surface area contributed by atoms with Crippen LogP contribution in [0.5, 0.6) is 5.75 Å². The second kappa shape index (κ2) is 8.26. The number of thioether (sulfide) groups is 1. The molecule has 2 aromatic carbocycles. The Morgan fingerprint density at radius 2 is 1.85 bits per heavy atom. The van der Waals surface area contributed by atoms with E-state index in [9.17, 15) is 4.79 Å². The molecule has 1 atom stereocenters. The maximum atomic E-state index is 12.5. The van der Waals surface area contributed by atoms with E-state index in [0.717, 1.165) is 16.7 Å². The molecule has 0 aliphatic heterocycles. The number of amides is 1. The predicted octanol–water partition coefficient (Wildman–Crippen LogP) is 4.48. The van der Waals surface area contributed by atoms with Crippen LogP contribution in [0.3, 0.4) is 0 Å². The average Bonchev–Trinajstić information content (AvgIpc) is 3.10. The zero-order valence-electron chi connectivity index (χ0n) is 15.6. The summed E-state index contributed by atoms with van der Waals surface area (Å²) in [5, 5.41) is 11.0. The number of aromatic nitrogens is 2. The maximum Gasteiger partial charge on any atom is 0.277 e. The van der Waals surface area contributed by atoms with Crippen molar-refractivity contribution in [3.05, 3.63) is 53.6 Å². The Bertz CT molecular complexity index is 935. The first kappa shape index (κ1) is 19.0. The van der Waals surface area contributed by atoms with Crippen molar-refractivity contribution in [2.24, 2.45) is 0 Å². The molecule has 1 aromatic heterocycles. The number of nitrogens with zero attached hydrogens (tertiary/aromatic N) is 2. The standard InChI is InChI=1S/C20H21N3O3S/c1-12-9-13(2)11-15(10-12)19-22-23-20(26-19)27-14(3)18(24)21-16-7-5-6-8-17(16)25-4/h5-11,14H,1-4H3,(H,21,24)/t14-/m1/s1. The molecular formula is C20H21N3O3S. The van der Waals surface area contributed by atoms with Gasteiger partial charge in [-0.25, -0.2) is 0 Å². The van der Waals surface area contributed by atoms with Crippen LogP contribution in [0.25, 0.3) is 11.5 Å². The molecule has 1 N–H and O–H groups in total. The highest BCUT2D eigenvalue weighted by Crippen LogP contribution is 2.29. The number of hydrogen-bond acceptors (Lipinski definition) is 6. The van der Waals surface area contributed by atoms with E-state index >= 15 is 0 Å². The van der Waals surface area contributed by atoms with Gasteiger partial charge in [-0.05, 0) is 45.0 Å². The van der Waals surface area contributed by atoms with E-state index in [2.05, 4.69) is 21.6 Å². The minimum Gasteiger partial charge on any atom is -0.495 e. The molecule has 27 heavy (non-hydrogen) atoms. The summed E-state index contributed by atoms with van der Waals surface area (Å²) >= 11 is 1.22. The Balaban J connectivity index is 1.68. The smallest absolute Gasteiger partial charge is 0.277 e. The van der Waals surface area contributed by atoms with Gasteiger partial charge in [0.2, 0.25) is 11.8 Å². The van der Waals surface area contributed by atoms with Gasteiger partial charge in [0, 0.05) is 5.56 Å². The van der Waals surface area contributed by atoms with E-state index in [1.807, 2.05) is 38.1 Å². The lowest BCUT2D eigenvalue weighted by molar-refractivity contribution is -0.115. The van der Waals surface area contributed by atoms with Gasteiger partial charge in [0.05, 0.1) is 18.0 Å². The van der Waals surface area contributed by atoms with Gasteiger partial charge in [-0.3, -0.25) is 4.79 Å². The van der Waals surface area contributed by atoms with Gasteiger partial charge in [0.15, 0.2) is 0 Å². The van der Waals surface area contributed by atoms with Crippen molar-refractivity contribution in [3.63, 3.8) is 0 Å². The van der Waals surface area contributed by atoms with Crippen LogP contribution in [0.2, 0.25) is 0 Å². The van der Waals surface area contributed by atoms with Gasteiger partial charge in [-0.1, -0.05) is 41.1 Å². The third kappa shape index (κ3) is 4.68. The van der Waals surface area contributed by atoms with Gasteiger partial charge in [0.25, 0.3) is 5.22 Å². The van der Waals surface area contributed by atoms with Gasteiger partial charge in [-0.15, -0.1) is 10.2 Å². The highest BCUT2D eigenvalue weighted by Gasteiger charge is 2.20. The molecule has 0 aliphatic rings. The minimum absolute atomic E-state index is 0.171. The molecule has 0 fully saturated rings. The van der Waals surface area contributed by atoms with Crippen LogP contribution < -0.4 is 10.1 Å². The fourth-order valence-corrected chi connectivity index (χ4v) is 3.34. The molecule has 6 nitrogen and oxygen atoms in total. The topological polar surface area (TPSA) is 77.2 Å². The Morgan fingerprint density at radius 1 is 1.15 bits per heavy atom. The number of carbonyl (C=O) groups is 1. The van der Waals surface area contributed by atoms with Crippen LogP contribution >= 0.6 is 11.8 Å². The molecule has 0 saturated heterocycles. The first-order valence-electron chi connectivity index (χ1n) is 8.49. The number of hydrogen-bond donors (Lipinski definition) is 1. The van der Waals surface area contributed by atoms with Gasteiger partial charge in [-0.2, -0.15) is 0 Å². The summed E-state index contributed by atoms with van der Waals surface area (Å²) in [5.41, 5.74) is 3.75. The average molecular weight is 383 g/mol. The largest absolute Gasteiger partial charge is 0.495 e. The highest BCUT2D eigenvalue weighted by atomic mass is 32.2. The van der Waals surface area contributed by atoms with E-state index in [1.54, 1.807) is 26.2 Å². The number of para-hydroxylation sites is 2. The van der Waals surface area contributed by atoms with E-state index in [4.69, 9.17) is 9.15 Å². The second-order valence-corrected chi connectivity index (χ2v) is 7.49. The number of anilines is 1. The molecule has 3 aromatic rings. The van der Waals surface area contributed by atoms with Crippen molar-refractivity contribution < 1.29 is 13.9 Å². The molecule has 1 heterocycles. The lowest BCUT2D eigenvalue weighted by Gasteiger charge is -2.12. The Hall–Kier alpha value is -2.80. The van der Waals surface area contributed by atoms with Gasteiger partial charge >= 0.3 is 0 Å². The lowest BCUT2D eigenvalue weighted by Crippen LogP contribution is -2.22. The number of rotatable bonds is 6. The van der Waals surface area contributed by atoms with E-state index in [-0.39, 0.29) is 5.91 Å². The number of aryl methyl sites for hydroxylation is 2. The number of ether oxygens (including phenoxy) is 1. The molecular weight excluding hydrogens is 362 g/mol. The molecule has 0 spiro atoms. The van der Waals surface area contributed by atoms with Crippen molar-refractivity contribution in [2.45, 2.75) is 31.2 Å². The third-order valence-corrected chi connectivity index (χ3v) is 4.82. The number of benzene rings is 2. The lowest BCUT2D eigenvalue weighted by atomic mass is 10.1. The number of nitrogens with one attached hydrogen (secondary N) is 1. The monoisotopic (exact) mass is 383 g/mol. The Morgan fingerprint density at radius 3 is 2.56 bits per heavy atom. The van der Waals surface area contributed by atoms with Crippen molar-refractivity contribution in [3.8, 4) is 17.2 Å². The van der Waals surface area contributed by atoms with E-state index in [0.29, 0.717) is 22.6 Å². The molecule has 0 saturated carbocycles. The highest BCUT2D eigenvalue weighted by molar-refractivity contribution is 8.00. The quantitative estimate of drug-likeness (QED) is 0.632. The summed E-state index contributed by atoms with van der Waals surface area (Å²) in [5.74, 6) is 0.884. The minimum atomic E-state index is -0.414. The molecule has 3 rings (SSSR count). The first-order valence-corrected chi connectivity index (χ1v) is 9.37. The van der Waals surface area contributed by atoms with Gasteiger partial charge in [0.1, 0.15) is 5.75 Å². The molecule has 0 unspecified atom stereocenters. The van der Waals surface area contributed by atoms with E-state index < -0.39 is 5.25 Å². The first-order chi connectivity index (χ1) is 13.0. The zero-order valence-corrected chi connectivity index (χ0v) is 16.5. The Kier molecular flexibility index (Phi) is 5.81. The number of carbonyl (C=O) groups excluding carboxylic acids is 1. The second-order valence-electron chi connectivity index (χ2n) is 6.20. The summed E-state index contributed by atoms with van der Waals surface area (Å²) in [4.78, 5) is 12.5. The molecule has 0 radical (unpaired) electrons. The SMILES string of the molecule is COc1ccccc1NC(=O)[C@@H](C)Sc1nnc(-c2cc(C)cc(C)c2)o1. The van der Waals surface area contributed by atoms with Crippen molar-refractivity contribution in [1.29, 1.82) is 0 Å². The molecule has 7 heteroatoms. The van der Waals surface area contributed by atoms with Crippen molar-refractivity contribution >= 4 is 23.4 Å². The molecule has 0 aliphatic carbocycles. The molecule has 0 bridgehead atoms. The summed E-state index contributed by atoms with van der Waals surface area (Å²) < 4.78 is 11.0. The predicted molar refractivity (Wildman–Crippen MR) is 106 cm³/mol. The normalized spacial score (nSPS) is 11.9. The van der Waals surface area contributed by atoms with Crippen molar-refractivity contribution in [2.75, 3.05) is 12.4 Å². The third-order valence-electron chi connectivity index (χ3n) is 3.89. The van der Waals surface area contributed by atoms with Crippen molar-refractivity contribution in [1.82, 2.24) is 10.2 Å². The van der Waals surface area contributed by atoms with Crippen LogP contribution in [-0.4, -0.2) is 28.5 Å². The van der Waals surface area contributed by atoms with E-state index in [1.165, 1.54) is 11.8 Å². The van der Waals surface area contributed by atoms with Gasteiger partial charge < -0.3 is 14.5 Å². The maximum absolute atomic E-state index is 12.5. The summed E-state index contributed by atoms with van der Waals surface area (Å²) in [6.45, 7) is 5.83. The number of methoxy groups -OCH3 is 1. The summed E-state index contributed by atoms with van der Waals surface area (Å²) in [7, 11) is 1.57. The zero-order chi connectivity index (χ0) is 19.4. The van der Waals surface area contributed by atoms with Crippen LogP contribution in [0.4, 0.5) is 5.69 Å². The fraction of sp³-hybridized carbons (Fsp3) is 0.250.